The second-order valence-corrected chi connectivity index (χ2v) is 6.65. The van der Waals surface area contributed by atoms with Gasteiger partial charge in [-0.1, -0.05) is 35.9 Å². The summed E-state index contributed by atoms with van der Waals surface area (Å²) in [5.74, 6) is -0.787. The van der Waals surface area contributed by atoms with E-state index in [-0.39, 0.29) is 22.9 Å². The van der Waals surface area contributed by atoms with Crippen LogP contribution >= 0.6 is 0 Å². The number of rotatable bonds is 6. The van der Waals surface area contributed by atoms with Crippen LogP contribution in [0.4, 0.5) is 0 Å². The topological polar surface area (TPSA) is 119 Å². The first kappa shape index (κ1) is 23.0. The molecule has 4 rings (SSSR count). The lowest BCUT2D eigenvalue weighted by atomic mass is 10.2. The van der Waals surface area contributed by atoms with Crippen LogP contribution in [-0.4, -0.2) is 32.1 Å². The zero-order valence-corrected chi connectivity index (χ0v) is 17.6. The smallest absolute Gasteiger partial charge is 0.341 e. The predicted octanol–water partition coefficient (Wildman–Crippen LogP) is 5.45. The summed E-state index contributed by atoms with van der Waals surface area (Å²) in [6.45, 7) is 1.97. The summed E-state index contributed by atoms with van der Waals surface area (Å²) in [4.78, 5) is 29.6. The summed E-state index contributed by atoms with van der Waals surface area (Å²) in [5.41, 5.74) is 1.20. The molecule has 2 aromatic heterocycles. The van der Waals surface area contributed by atoms with Crippen molar-refractivity contribution in [3.05, 3.63) is 108 Å². The van der Waals surface area contributed by atoms with Crippen molar-refractivity contribution in [2.75, 3.05) is 0 Å². The molecular weight excluding hydrogens is 424 g/mol. The number of aromatic carboxylic acids is 2. The highest BCUT2D eigenvalue weighted by molar-refractivity contribution is 5.90. The minimum absolute atomic E-state index is 0.0475. The van der Waals surface area contributed by atoms with Crippen LogP contribution in [0.1, 0.15) is 26.3 Å². The largest absolute Gasteiger partial charge is 0.477 e. The zero-order chi connectivity index (χ0) is 23.6. The Morgan fingerprint density at radius 3 is 1.55 bits per heavy atom. The maximum absolute atomic E-state index is 10.9. The van der Waals surface area contributed by atoms with E-state index >= 15 is 0 Å². The molecule has 0 aliphatic heterocycles. The predicted molar refractivity (Wildman–Crippen MR) is 120 cm³/mol. The van der Waals surface area contributed by atoms with E-state index in [0.29, 0.717) is 11.5 Å². The van der Waals surface area contributed by atoms with Gasteiger partial charge in [0.25, 0.3) is 0 Å². The van der Waals surface area contributed by atoms with E-state index in [1.807, 2.05) is 25.1 Å². The van der Waals surface area contributed by atoms with Crippen molar-refractivity contribution in [3.8, 4) is 23.3 Å². The van der Waals surface area contributed by atoms with Crippen molar-refractivity contribution in [2.24, 2.45) is 0 Å². The molecule has 0 atom stereocenters. The fourth-order valence-electron chi connectivity index (χ4n) is 2.59. The number of ether oxygens (including phenoxy) is 2. The second kappa shape index (κ2) is 11.1. The molecule has 33 heavy (non-hydrogen) atoms. The van der Waals surface area contributed by atoms with E-state index in [4.69, 9.17) is 19.7 Å². The minimum Gasteiger partial charge on any atom is -0.477 e. The Morgan fingerprint density at radius 1 is 0.636 bits per heavy atom. The maximum Gasteiger partial charge on any atom is 0.341 e. The van der Waals surface area contributed by atoms with Gasteiger partial charge in [-0.2, -0.15) is 0 Å². The lowest BCUT2D eigenvalue weighted by molar-refractivity contribution is 0.0682. The van der Waals surface area contributed by atoms with Gasteiger partial charge in [-0.05, 0) is 55.5 Å². The van der Waals surface area contributed by atoms with Crippen molar-refractivity contribution in [1.29, 1.82) is 0 Å². The second-order valence-electron chi connectivity index (χ2n) is 6.65. The zero-order valence-electron chi connectivity index (χ0n) is 17.6. The molecule has 0 saturated heterocycles. The first-order chi connectivity index (χ1) is 15.9. The van der Waals surface area contributed by atoms with Crippen LogP contribution in [0.3, 0.4) is 0 Å². The highest BCUT2D eigenvalue weighted by Crippen LogP contribution is 2.23. The maximum atomic E-state index is 10.9. The number of hydrogen-bond donors (Lipinski definition) is 2. The van der Waals surface area contributed by atoms with Gasteiger partial charge in [0, 0.05) is 12.4 Å². The van der Waals surface area contributed by atoms with Crippen LogP contribution in [-0.2, 0) is 0 Å². The van der Waals surface area contributed by atoms with Crippen LogP contribution in [0.5, 0.6) is 23.3 Å². The molecular formula is C25H20N2O6. The quantitative estimate of drug-likeness (QED) is 0.403. The van der Waals surface area contributed by atoms with Gasteiger partial charge in [-0.3, -0.25) is 0 Å². The molecule has 4 aromatic rings. The Kier molecular flexibility index (Phi) is 7.69. The number of pyridine rings is 2. The van der Waals surface area contributed by atoms with Crippen LogP contribution < -0.4 is 9.47 Å². The van der Waals surface area contributed by atoms with E-state index < -0.39 is 11.9 Å². The molecule has 0 amide bonds. The fourth-order valence-corrected chi connectivity index (χ4v) is 2.59. The molecule has 0 unspecified atom stereocenters. The number of benzene rings is 2. The summed E-state index contributed by atoms with van der Waals surface area (Å²) in [6.07, 6.45) is 2.99. The minimum atomic E-state index is -1.06. The molecule has 0 saturated carbocycles. The molecule has 2 N–H and O–H groups in total. The van der Waals surface area contributed by atoms with Crippen molar-refractivity contribution in [2.45, 2.75) is 6.92 Å². The number of carboxylic acids is 2. The summed E-state index contributed by atoms with van der Waals surface area (Å²) in [6, 6.07) is 22.3. The van der Waals surface area contributed by atoms with Crippen LogP contribution in [0.2, 0.25) is 0 Å². The Labute approximate surface area is 189 Å². The average molecular weight is 444 g/mol. The van der Waals surface area contributed by atoms with Crippen LogP contribution in [0.25, 0.3) is 0 Å². The summed E-state index contributed by atoms with van der Waals surface area (Å²) in [7, 11) is 0. The molecule has 0 bridgehead atoms. The van der Waals surface area contributed by atoms with E-state index in [2.05, 4.69) is 9.97 Å². The van der Waals surface area contributed by atoms with Gasteiger partial charge in [0.1, 0.15) is 22.6 Å². The number of hydrogen-bond acceptors (Lipinski definition) is 6. The van der Waals surface area contributed by atoms with E-state index in [1.54, 1.807) is 48.5 Å². The Balaban J connectivity index is 0.000000186. The lowest BCUT2D eigenvalue weighted by Crippen LogP contribution is -2.01. The Bertz CT molecular complexity index is 1230. The van der Waals surface area contributed by atoms with Crippen molar-refractivity contribution in [3.63, 3.8) is 0 Å². The Morgan fingerprint density at radius 2 is 1.09 bits per heavy atom. The lowest BCUT2D eigenvalue weighted by Gasteiger charge is -2.07. The monoisotopic (exact) mass is 444 g/mol. The highest BCUT2D eigenvalue weighted by Gasteiger charge is 2.13. The van der Waals surface area contributed by atoms with E-state index in [0.717, 1.165) is 5.56 Å². The summed E-state index contributed by atoms with van der Waals surface area (Å²) >= 11 is 0. The highest BCUT2D eigenvalue weighted by atomic mass is 16.5. The molecule has 0 radical (unpaired) electrons. The molecule has 8 heteroatoms. The normalized spacial score (nSPS) is 9.85. The number of para-hydroxylation sites is 1. The third-order valence-electron chi connectivity index (χ3n) is 4.20. The van der Waals surface area contributed by atoms with Crippen molar-refractivity contribution in [1.82, 2.24) is 9.97 Å². The Hall–Kier alpha value is -4.72. The molecule has 2 aromatic carbocycles. The number of carboxylic acid groups (broad SMARTS) is 2. The SMILES string of the molecule is Cc1ccc(Oc2ncccc2C(=O)O)cc1.O=C(O)c1cccnc1Oc1ccccc1. The van der Waals surface area contributed by atoms with Gasteiger partial charge in [-0.25, -0.2) is 19.6 Å². The van der Waals surface area contributed by atoms with Crippen LogP contribution in [0, 0.1) is 6.92 Å². The van der Waals surface area contributed by atoms with Gasteiger partial charge >= 0.3 is 11.9 Å². The molecule has 8 nitrogen and oxygen atoms in total. The van der Waals surface area contributed by atoms with Crippen molar-refractivity contribution < 1.29 is 29.3 Å². The van der Waals surface area contributed by atoms with E-state index in [9.17, 15) is 9.59 Å². The van der Waals surface area contributed by atoms with Gasteiger partial charge in [0.05, 0.1) is 0 Å². The first-order valence-electron chi connectivity index (χ1n) is 9.78. The van der Waals surface area contributed by atoms with Gasteiger partial charge in [-0.15, -0.1) is 0 Å². The molecule has 166 valence electrons. The number of nitrogens with zero attached hydrogens (tertiary/aromatic N) is 2. The molecule has 0 aliphatic rings. The number of carbonyl (C=O) groups is 2. The van der Waals surface area contributed by atoms with Gasteiger partial charge in [0.15, 0.2) is 0 Å². The van der Waals surface area contributed by atoms with Crippen molar-refractivity contribution >= 4 is 11.9 Å². The summed E-state index contributed by atoms with van der Waals surface area (Å²) < 4.78 is 10.8. The standard InChI is InChI=1S/C13H11NO3.C12H9NO3/c1-9-4-6-10(7-5-9)17-12-11(13(15)16)3-2-8-14-12;14-12(15)10-7-4-8-13-11(10)16-9-5-2-1-3-6-9/h2-8H,1H3,(H,15,16);1-8H,(H,14,15). The van der Waals surface area contributed by atoms with E-state index in [1.165, 1.54) is 24.5 Å². The van der Waals surface area contributed by atoms with Gasteiger partial charge in [0.2, 0.25) is 11.8 Å². The average Bonchev–Trinajstić information content (AvgIpc) is 2.82. The molecule has 0 fully saturated rings. The third-order valence-corrected chi connectivity index (χ3v) is 4.20. The van der Waals surface area contributed by atoms with Gasteiger partial charge < -0.3 is 19.7 Å². The third kappa shape index (κ3) is 6.63. The fraction of sp³-hybridized carbons (Fsp3) is 0.0400. The molecule has 0 spiro atoms. The number of aryl methyl sites for hydroxylation is 1. The molecule has 0 aliphatic carbocycles. The molecule has 2 heterocycles. The summed E-state index contributed by atoms with van der Waals surface area (Å²) in [5, 5.41) is 17.9. The first-order valence-corrected chi connectivity index (χ1v) is 9.78. The number of aromatic nitrogens is 2. The van der Waals surface area contributed by atoms with Crippen LogP contribution in [0.15, 0.2) is 91.3 Å².